The molecule has 0 unspecified atom stereocenters. The van der Waals surface area contributed by atoms with Crippen LogP contribution in [0, 0.1) is 6.92 Å². The molecule has 3 aromatic rings. The third kappa shape index (κ3) is 5.68. The van der Waals surface area contributed by atoms with Crippen molar-refractivity contribution in [2.75, 3.05) is 19.0 Å². The number of nitrogens with zero attached hydrogens (tertiary/aromatic N) is 3. The Kier molecular flexibility index (Phi) is 7.19. The van der Waals surface area contributed by atoms with E-state index in [1.165, 1.54) is 11.1 Å². The molecule has 1 fully saturated rings. The Morgan fingerprint density at radius 1 is 1.09 bits per heavy atom. The van der Waals surface area contributed by atoms with Gasteiger partial charge in [0.1, 0.15) is 17.3 Å². The number of rotatable bonds is 9. The smallest absolute Gasteiger partial charge is 0.222 e. The molecule has 33 heavy (non-hydrogen) atoms. The standard InChI is InChI=1S/C26H30N4O3/c1-4-19-13-25(28-14-18(19)2)29-21-8-10-24(20(12-21)16-30-11-5-6-26(30)31)33-23-9-7-22(17-32-3)27-15-23/h7-10,12-15H,4-6,11,16-17H2,1-3H3,(H,28,29). The molecule has 1 aliphatic heterocycles. The minimum absolute atomic E-state index is 0.178. The van der Waals surface area contributed by atoms with E-state index in [-0.39, 0.29) is 5.91 Å². The largest absolute Gasteiger partial charge is 0.455 e. The molecule has 0 bridgehead atoms. The van der Waals surface area contributed by atoms with Crippen LogP contribution in [-0.2, 0) is 29.1 Å². The molecule has 3 heterocycles. The number of aromatic nitrogens is 2. The number of likely N-dealkylation sites (tertiary alicyclic amines) is 1. The van der Waals surface area contributed by atoms with E-state index in [0.717, 1.165) is 42.1 Å². The van der Waals surface area contributed by atoms with E-state index in [1.54, 1.807) is 13.3 Å². The zero-order chi connectivity index (χ0) is 23.2. The van der Waals surface area contributed by atoms with Crippen LogP contribution >= 0.6 is 0 Å². The number of nitrogens with one attached hydrogen (secondary N) is 1. The van der Waals surface area contributed by atoms with Crippen molar-refractivity contribution in [3.63, 3.8) is 0 Å². The topological polar surface area (TPSA) is 76.6 Å². The second kappa shape index (κ2) is 10.4. The second-order valence-electron chi connectivity index (χ2n) is 8.24. The molecule has 1 amide bonds. The molecule has 0 radical (unpaired) electrons. The number of amides is 1. The van der Waals surface area contributed by atoms with Gasteiger partial charge in [0.2, 0.25) is 5.91 Å². The van der Waals surface area contributed by atoms with Gasteiger partial charge in [-0.15, -0.1) is 0 Å². The molecule has 0 atom stereocenters. The van der Waals surface area contributed by atoms with Gasteiger partial charge in [-0.3, -0.25) is 9.78 Å². The lowest BCUT2D eigenvalue weighted by atomic mass is 10.1. The summed E-state index contributed by atoms with van der Waals surface area (Å²) in [6.45, 7) is 5.93. The minimum atomic E-state index is 0.178. The molecule has 0 aliphatic carbocycles. The van der Waals surface area contributed by atoms with Crippen LogP contribution in [0.1, 0.15) is 42.1 Å². The van der Waals surface area contributed by atoms with Crippen molar-refractivity contribution in [3.05, 3.63) is 71.2 Å². The van der Waals surface area contributed by atoms with Crippen molar-refractivity contribution in [2.45, 2.75) is 46.3 Å². The number of carbonyl (C=O) groups is 1. The van der Waals surface area contributed by atoms with Gasteiger partial charge >= 0.3 is 0 Å². The molecule has 7 nitrogen and oxygen atoms in total. The average Bonchev–Trinajstić information content (AvgIpc) is 3.22. The van der Waals surface area contributed by atoms with Crippen LogP contribution in [0.5, 0.6) is 11.5 Å². The summed E-state index contributed by atoms with van der Waals surface area (Å²) in [5, 5.41) is 3.40. The summed E-state index contributed by atoms with van der Waals surface area (Å²) in [7, 11) is 1.64. The molecular formula is C26H30N4O3. The summed E-state index contributed by atoms with van der Waals surface area (Å²) >= 11 is 0. The van der Waals surface area contributed by atoms with E-state index in [1.807, 2.05) is 41.4 Å². The Hall–Kier alpha value is -3.45. The van der Waals surface area contributed by atoms with Gasteiger partial charge in [0, 0.05) is 44.1 Å². The van der Waals surface area contributed by atoms with Crippen molar-refractivity contribution >= 4 is 17.4 Å². The first-order valence-corrected chi connectivity index (χ1v) is 11.3. The van der Waals surface area contributed by atoms with Gasteiger partial charge in [-0.05, 0) is 67.3 Å². The van der Waals surface area contributed by atoms with Gasteiger partial charge < -0.3 is 19.7 Å². The molecule has 0 saturated carbocycles. The first-order chi connectivity index (χ1) is 16.1. The van der Waals surface area contributed by atoms with E-state index in [9.17, 15) is 4.79 Å². The predicted octanol–water partition coefficient (Wildman–Crippen LogP) is 5.15. The fourth-order valence-electron chi connectivity index (χ4n) is 3.95. The maximum Gasteiger partial charge on any atom is 0.222 e. The molecule has 172 valence electrons. The SMILES string of the molecule is CCc1cc(Nc2ccc(Oc3ccc(COC)nc3)c(CN3CCCC3=O)c2)ncc1C. The quantitative estimate of drug-likeness (QED) is 0.490. The number of methoxy groups -OCH3 is 1. The maximum atomic E-state index is 12.3. The minimum Gasteiger partial charge on any atom is -0.455 e. The van der Waals surface area contributed by atoms with Crippen LogP contribution in [0.15, 0.2) is 48.8 Å². The lowest BCUT2D eigenvalue weighted by molar-refractivity contribution is -0.128. The molecule has 4 rings (SSSR count). The normalized spacial score (nSPS) is 13.4. The van der Waals surface area contributed by atoms with Crippen molar-refractivity contribution in [1.82, 2.24) is 14.9 Å². The van der Waals surface area contributed by atoms with Crippen LogP contribution in [0.25, 0.3) is 0 Å². The van der Waals surface area contributed by atoms with E-state index in [4.69, 9.17) is 9.47 Å². The van der Waals surface area contributed by atoms with Gasteiger partial charge in [0.05, 0.1) is 18.5 Å². The van der Waals surface area contributed by atoms with Crippen molar-refractivity contribution in [3.8, 4) is 11.5 Å². The maximum absolute atomic E-state index is 12.3. The fourth-order valence-corrected chi connectivity index (χ4v) is 3.95. The Morgan fingerprint density at radius 3 is 2.67 bits per heavy atom. The van der Waals surface area contributed by atoms with Gasteiger partial charge in [-0.25, -0.2) is 4.98 Å². The highest BCUT2D eigenvalue weighted by molar-refractivity contribution is 5.78. The highest BCUT2D eigenvalue weighted by atomic mass is 16.5. The Morgan fingerprint density at radius 2 is 1.97 bits per heavy atom. The zero-order valence-electron chi connectivity index (χ0n) is 19.4. The van der Waals surface area contributed by atoms with E-state index < -0.39 is 0 Å². The predicted molar refractivity (Wildman–Crippen MR) is 128 cm³/mol. The molecule has 1 aromatic carbocycles. The van der Waals surface area contributed by atoms with E-state index in [0.29, 0.717) is 31.1 Å². The lowest BCUT2D eigenvalue weighted by Crippen LogP contribution is -2.24. The number of anilines is 2. The Labute approximate surface area is 194 Å². The zero-order valence-corrected chi connectivity index (χ0v) is 19.4. The highest BCUT2D eigenvalue weighted by Crippen LogP contribution is 2.31. The summed E-state index contributed by atoms with van der Waals surface area (Å²) in [6.07, 6.45) is 6.03. The van der Waals surface area contributed by atoms with Gasteiger partial charge in [0.15, 0.2) is 0 Å². The van der Waals surface area contributed by atoms with Crippen LogP contribution < -0.4 is 10.1 Å². The third-order valence-electron chi connectivity index (χ3n) is 5.78. The monoisotopic (exact) mass is 446 g/mol. The molecule has 1 aliphatic rings. The van der Waals surface area contributed by atoms with Crippen molar-refractivity contribution in [2.24, 2.45) is 0 Å². The third-order valence-corrected chi connectivity index (χ3v) is 5.78. The first-order valence-electron chi connectivity index (χ1n) is 11.3. The number of hydrogen-bond acceptors (Lipinski definition) is 6. The number of carbonyl (C=O) groups excluding carboxylic acids is 1. The van der Waals surface area contributed by atoms with E-state index >= 15 is 0 Å². The molecular weight excluding hydrogens is 416 g/mol. The number of benzene rings is 1. The Balaban J connectivity index is 1.59. The number of pyridine rings is 2. The number of ether oxygens (including phenoxy) is 2. The summed E-state index contributed by atoms with van der Waals surface area (Å²) in [5.74, 6) is 2.31. The summed E-state index contributed by atoms with van der Waals surface area (Å²) < 4.78 is 11.3. The Bertz CT molecular complexity index is 1120. The lowest BCUT2D eigenvalue weighted by Gasteiger charge is -2.19. The number of hydrogen-bond donors (Lipinski definition) is 1. The molecule has 1 saturated heterocycles. The van der Waals surface area contributed by atoms with Crippen molar-refractivity contribution < 1.29 is 14.3 Å². The second-order valence-corrected chi connectivity index (χ2v) is 8.24. The van der Waals surface area contributed by atoms with Gasteiger partial charge in [-0.2, -0.15) is 0 Å². The van der Waals surface area contributed by atoms with E-state index in [2.05, 4.69) is 35.2 Å². The number of aryl methyl sites for hydroxylation is 2. The highest BCUT2D eigenvalue weighted by Gasteiger charge is 2.22. The van der Waals surface area contributed by atoms with Crippen LogP contribution in [0.3, 0.4) is 0 Å². The fraction of sp³-hybridized carbons (Fsp3) is 0.346. The van der Waals surface area contributed by atoms with Crippen LogP contribution in [-0.4, -0.2) is 34.4 Å². The summed E-state index contributed by atoms with van der Waals surface area (Å²) in [6, 6.07) is 11.8. The van der Waals surface area contributed by atoms with Gasteiger partial charge in [-0.1, -0.05) is 6.92 Å². The molecule has 1 N–H and O–H groups in total. The summed E-state index contributed by atoms with van der Waals surface area (Å²) in [4.78, 5) is 23.0. The molecule has 2 aromatic heterocycles. The van der Waals surface area contributed by atoms with Gasteiger partial charge in [0.25, 0.3) is 0 Å². The average molecular weight is 447 g/mol. The van der Waals surface area contributed by atoms with Crippen LogP contribution in [0.4, 0.5) is 11.5 Å². The van der Waals surface area contributed by atoms with Crippen LogP contribution in [0.2, 0.25) is 0 Å². The summed E-state index contributed by atoms with van der Waals surface area (Å²) in [5.41, 5.74) is 5.12. The first kappa shape index (κ1) is 22.7. The molecule has 0 spiro atoms. The molecule has 7 heteroatoms. The van der Waals surface area contributed by atoms with Crippen molar-refractivity contribution in [1.29, 1.82) is 0 Å².